The summed E-state index contributed by atoms with van der Waals surface area (Å²) in [5.41, 5.74) is 6.91. The molecule has 2 aromatic heterocycles. The van der Waals surface area contributed by atoms with Crippen molar-refractivity contribution in [3.8, 4) is 11.5 Å². The molecule has 4 rings (SSSR count). The third-order valence-corrected chi connectivity index (χ3v) is 5.11. The molecule has 2 aliphatic rings. The number of anilines is 1. The first-order valence-electron chi connectivity index (χ1n) is 8.48. The second-order valence-electron chi connectivity index (χ2n) is 7.03. The van der Waals surface area contributed by atoms with E-state index in [-0.39, 0.29) is 12.4 Å². The van der Waals surface area contributed by atoms with Crippen LogP contribution in [0, 0.1) is 5.92 Å². The molecule has 24 heavy (non-hydrogen) atoms. The van der Waals surface area contributed by atoms with Gasteiger partial charge in [-0.2, -0.15) is 4.98 Å². The van der Waals surface area contributed by atoms with Crippen molar-refractivity contribution in [2.24, 2.45) is 11.7 Å². The Morgan fingerprint density at radius 3 is 2.83 bits per heavy atom. The fourth-order valence-electron chi connectivity index (χ4n) is 3.64. The zero-order valence-corrected chi connectivity index (χ0v) is 14.8. The molecule has 0 spiro atoms. The van der Waals surface area contributed by atoms with Gasteiger partial charge in [-0.25, -0.2) is 4.98 Å². The first kappa shape index (κ1) is 17.2. The highest BCUT2D eigenvalue weighted by atomic mass is 35.5. The highest BCUT2D eigenvalue weighted by Gasteiger charge is 2.36. The Bertz CT molecular complexity index is 698. The number of halogens is 1. The molecule has 0 bridgehead atoms. The number of nitrogens with zero attached hydrogens (tertiary/aromatic N) is 4. The maximum Gasteiger partial charge on any atom is 0.258 e. The van der Waals surface area contributed by atoms with Crippen molar-refractivity contribution in [1.29, 1.82) is 0 Å². The molecule has 0 amide bonds. The number of hydrogen-bond donors (Lipinski definition) is 1. The largest absolute Gasteiger partial charge is 0.356 e. The topological polar surface area (TPSA) is 81.1 Å². The van der Waals surface area contributed by atoms with E-state index < -0.39 is 5.54 Å². The number of rotatable bonds is 3. The van der Waals surface area contributed by atoms with Crippen molar-refractivity contribution >= 4 is 18.2 Å². The molecule has 0 radical (unpaired) electrons. The predicted octanol–water partition coefficient (Wildman–Crippen LogP) is 3.13. The van der Waals surface area contributed by atoms with Crippen LogP contribution in [0.2, 0.25) is 0 Å². The molecule has 6 nitrogen and oxygen atoms in total. The zero-order valence-electron chi connectivity index (χ0n) is 13.9. The lowest BCUT2D eigenvalue weighted by Crippen LogP contribution is -2.34. The summed E-state index contributed by atoms with van der Waals surface area (Å²) >= 11 is 0. The summed E-state index contributed by atoms with van der Waals surface area (Å²) in [4.78, 5) is 11.4. The molecule has 0 aromatic carbocycles. The molecule has 130 valence electrons. The van der Waals surface area contributed by atoms with Gasteiger partial charge in [-0.1, -0.05) is 24.9 Å². The van der Waals surface area contributed by atoms with E-state index in [2.05, 4.69) is 26.9 Å². The van der Waals surface area contributed by atoms with Gasteiger partial charge in [0, 0.05) is 24.8 Å². The highest BCUT2D eigenvalue weighted by Crippen LogP contribution is 2.35. The molecule has 2 aromatic rings. The van der Waals surface area contributed by atoms with Crippen LogP contribution in [0.5, 0.6) is 0 Å². The molecule has 3 heterocycles. The Balaban J connectivity index is 0.00000169. The van der Waals surface area contributed by atoms with Crippen LogP contribution in [-0.4, -0.2) is 28.2 Å². The van der Waals surface area contributed by atoms with Crippen LogP contribution in [0.25, 0.3) is 11.5 Å². The predicted molar refractivity (Wildman–Crippen MR) is 95.1 cm³/mol. The lowest BCUT2D eigenvalue weighted by Gasteiger charge is -2.18. The molecular weight excluding hydrogens is 326 g/mol. The Morgan fingerprint density at radius 1 is 1.33 bits per heavy atom. The minimum atomic E-state index is -0.415. The van der Waals surface area contributed by atoms with Crippen LogP contribution in [0.4, 0.5) is 5.82 Å². The minimum Gasteiger partial charge on any atom is -0.356 e. The summed E-state index contributed by atoms with van der Waals surface area (Å²) < 4.78 is 5.48. The summed E-state index contributed by atoms with van der Waals surface area (Å²) in [6.45, 7) is 4.38. The Labute approximate surface area is 148 Å². The van der Waals surface area contributed by atoms with Gasteiger partial charge in [0.25, 0.3) is 5.89 Å². The van der Waals surface area contributed by atoms with Crippen LogP contribution < -0.4 is 10.6 Å². The fourth-order valence-corrected chi connectivity index (χ4v) is 3.64. The number of nitrogens with two attached hydrogens (primary N) is 1. The zero-order chi connectivity index (χ0) is 15.9. The van der Waals surface area contributed by atoms with Gasteiger partial charge in [0.05, 0.1) is 5.54 Å². The molecular formula is C17H24ClN5O. The van der Waals surface area contributed by atoms with Gasteiger partial charge in [-0.3, -0.25) is 0 Å². The molecule has 1 aliphatic heterocycles. The maximum absolute atomic E-state index is 6.41. The van der Waals surface area contributed by atoms with Crippen molar-refractivity contribution in [2.75, 3.05) is 18.0 Å². The van der Waals surface area contributed by atoms with Crippen molar-refractivity contribution in [1.82, 2.24) is 15.1 Å². The van der Waals surface area contributed by atoms with E-state index in [1.54, 1.807) is 0 Å². The Hall–Kier alpha value is -1.66. The molecule has 1 atom stereocenters. The van der Waals surface area contributed by atoms with Crippen molar-refractivity contribution in [3.05, 3.63) is 24.2 Å². The van der Waals surface area contributed by atoms with Gasteiger partial charge in [-0.05, 0) is 37.3 Å². The summed E-state index contributed by atoms with van der Waals surface area (Å²) in [7, 11) is 0. The maximum atomic E-state index is 6.41. The molecule has 2 N–H and O–H groups in total. The van der Waals surface area contributed by atoms with E-state index in [1.165, 1.54) is 6.42 Å². The van der Waals surface area contributed by atoms with Gasteiger partial charge >= 0.3 is 0 Å². The van der Waals surface area contributed by atoms with Gasteiger partial charge in [0.1, 0.15) is 5.82 Å². The summed E-state index contributed by atoms with van der Waals surface area (Å²) in [5.74, 6) is 2.87. The fraction of sp³-hybridized carbons (Fsp3) is 0.588. The number of hydrogen-bond acceptors (Lipinski definition) is 6. The molecule has 1 aliphatic carbocycles. The van der Waals surface area contributed by atoms with Gasteiger partial charge in [0.15, 0.2) is 5.82 Å². The molecule has 1 saturated heterocycles. The average Bonchev–Trinajstić information content (AvgIpc) is 3.28. The second-order valence-corrected chi connectivity index (χ2v) is 7.03. The van der Waals surface area contributed by atoms with E-state index in [4.69, 9.17) is 10.3 Å². The standard InChI is InChI=1S/C17H23N5O.ClH/c1-12-5-9-22(11-12)14-10-13(4-8-19-14)15-20-16(21-23-15)17(18)6-2-3-7-17;/h4,8,10,12H,2-3,5-7,9,11,18H2,1H3;1H. The smallest absolute Gasteiger partial charge is 0.258 e. The Morgan fingerprint density at radius 2 is 2.12 bits per heavy atom. The molecule has 1 unspecified atom stereocenters. The van der Waals surface area contributed by atoms with Crippen LogP contribution in [0.15, 0.2) is 22.9 Å². The quantitative estimate of drug-likeness (QED) is 0.916. The molecule has 1 saturated carbocycles. The van der Waals surface area contributed by atoms with Crippen LogP contribution in [0.3, 0.4) is 0 Å². The second kappa shape index (κ2) is 6.69. The molecule has 2 fully saturated rings. The van der Waals surface area contributed by atoms with E-state index in [0.717, 1.165) is 56.1 Å². The number of pyridine rings is 1. The highest BCUT2D eigenvalue weighted by molar-refractivity contribution is 5.85. The SMILES string of the molecule is CC1CCN(c2cc(-c3nc(C4(N)CCCC4)no3)ccn2)C1.Cl. The third-order valence-electron chi connectivity index (χ3n) is 5.11. The number of aromatic nitrogens is 3. The monoisotopic (exact) mass is 349 g/mol. The van der Waals surface area contributed by atoms with E-state index in [1.807, 2.05) is 18.3 Å². The minimum absolute atomic E-state index is 0. The summed E-state index contributed by atoms with van der Waals surface area (Å²) in [6, 6.07) is 3.95. The summed E-state index contributed by atoms with van der Waals surface area (Å²) in [5, 5.41) is 4.14. The van der Waals surface area contributed by atoms with Crippen molar-refractivity contribution in [3.63, 3.8) is 0 Å². The van der Waals surface area contributed by atoms with Crippen LogP contribution in [-0.2, 0) is 5.54 Å². The first-order chi connectivity index (χ1) is 11.1. The van der Waals surface area contributed by atoms with E-state index in [9.17, 15) is 0 Å². The lowest BCUT2D eigenvalue weighted by atomic mass is 9.99. The van der Waals surface area contributed by atoms with Crippen LogP contribution in [0.1, 0.15) is 44.9 Å². The lowest BCUT2D eigenvalue weighted by molar-refractivity contribution is 0.372. The average molecular weight is 350 g/mol. The first-order valence-corrected chi connectivity index (χ1v) is 8.48. The van der Waals surface area contributed by atoms with Gasteiger partial charge in [-0.15, -0.1) is 12.4 Å². The van der Waals surface area contributed by atoms with Crippen LogP contribution >= 0.6 is 12.4 Å². The van der Waals surface area contributed by atoms with Gasteiger partial charge in [0.2, 0.25) is 0 Å². The van der Waals surface area contributed by atoms with E-state index >= 15 is 0 Å². The van der Waals surface area contributed by atoms with Gasteiger partial charge < -0.3 is 15.2 Å². The van der Waals surface area contributed by atoms with E-state index in [0.29, 0.717) is 11.7 Å². The van der Waals surface area contributed by atoms with Crippen molar-refractivity contribution < 1.29 is 4.52 Å². The summed E-state index contributed by atoms with van der Waals surface area (Å²) in [6.07, 6.45) is 7.15. The third kappa shape index (κ3) is 3.13. The molecule has 7 heteroatoms. The Kier molecular flexibility index (Phi) is 4.78. The van der Waals surface area contributed by atoms with Crippen molar-refractivity contribution in [2.45, 2.75) is 44.6 Å². The normalized spacial score (nSPS) is 22.6.